The number of sulfonamides is 1. The normalized spacial score (nSPS) is 12.4. The third kappa shape index (κ3) is 5.45. The van der Waals surface area contributed by atoms with Crippen LogP contribution in [0.15, 0.2) is 53.4 Å². The molecular weight excluding hydrogens is 364 g/mol. The fourth-order valence-electron chi connectivity index (χ4n) is 2.04. The van der Waals surface area contributed by atoms with Crippen LogP contribution in [-0.2, 0) is 21.4 Å². The maximum Gasteiger partial charge on any atom is 0.261 e. The Kier molecular flexibility index (Phi) is 6.41. The minimum absolute atomic E-state index is 0.146. The van der Waals surface area contributed by atoms with Gasteiger partial charge in [-0.05, 0) is 55.9 Å². The molecule has 2 aromatic carbocycles. The highest BCUT2D eigenvalue weighted by Gasteiger charge is 2.15. The summed E-state index contributed by atoms with van der Waals surface area (Å²) in [5, 5.41) is 3.31. The minimum atomic E-state index is -3.52. The predicted octanol–water partition coefficient (Wildman–Crippen LogP) is 2.33. The maximum absolute atomic E-state index is 12.1. The van der Waals surface area contributed by atoms with E-state index >= 15 is 0 Å². The van der Waals surface area contributed by atoms with Gasteiger partial charge in [0.2, 0.25) is 10.0 Å². The van der Waals surface area contributed by atoms with Crippen molar-refractivity contribution in [2.24, 2.45) is 0 Å². The third-order valence-electron chi connectivity index (χ3n) is 3.44. The van der Waals surface area contributed by atoms with E-state index in [1.807, 2.05) is 0 Å². The Bertz CT molecular complexity index is 838. The molecule has 25 heavy (non-hydrogen) atoms. The van der Waals surface area contributed by atoms with Crippen LogP contribution < -0.4 is 14.8 Å². The molecule has 0 radical (unpaired) electrons. The first-order valence-electron chi connectivity index (χ1n) is 7.54. The highest BCUT2D eigenvalue weighted by atomic mass is 35.5. The first-order chi connectivity index (χ1) is 11.8. The van der Waals surface area contributed by atoms with Crippen LogP contribution in [0.3, 0.4) is 0 Å². The van der Waals surface area contributed by atoms with E-state index in [1.54, 1.807) is 43.3 Å². The molecule has 1 unspecified atom stereocenters. The Morgan fingerprint density at radius 1 is 1.20 bits per heavy atom. The SMILES string of the molecule is CNS(=O)(=O)c1cccc(CNC(=O)C(C)Oc2ccc(Cl)cc2)c1. The molecule has 0 saturated heterocycles. The van der Waals surface area contributed by atoms with Crippen molar-refractivity contribution in [1.82, 2.24) is 10.0 Å². The molecule has 0 aromatic heterocycles. The van der Waals surface area contributed by atoms with Crippen molar-refractivity contribution < 1.29 is 17.9 Å². The average molecular weight is 383 g/mol. The standard InChI is InChI=1S/C17H19ClN2O4S/c1-12(24-15-8-6-14(18)7-9-15)17(21)20-11-13-4-3-5-16(10-13)25(22,23)19-2/h3-10,12,19H,11H2,1-2H3,(H,20,21). The number of amides is 1. The number of carbonyl (C=O) groups is 1. The average Bonchev–Trinajstić information content (AvgIpc) is 2.61. The highest BCUT2D eigenvalue weighted by Crippen LogP contribution is 2.17. The number of benzene rings is 2. The second kappa shape index (κ2) is 8.33. The van der Waals surface area contributed by atoms with Crippen molar-refractivity contribution in [2.45, 2.75) is 24.5 Å². The van der Waals surface area contributed by atoms with Crippen molar-refractivity contribution in [3.8, 4) is 5.75 Å². The zero-order valence-corrected chi connectivity index (χ0v) is 15.4. The molecule has 0 bridgehead atoms. The van der Waals surface area contributed by atoms with Gasteiger partial charge in [0, 0.05) is 11.6 Å². The summed E-state index contributed by atoms with van der Waals surface area (Å²) in [6.45, 7) is 1.83. The molecule has 0 aliphatic heterocycles. The van der Waals surface area contributed by atoms with E-state index < -0.39 is 16.1 Å². The van der Waals surface area contributed by atoms with Crippen molar-refractivity contribution in [1.29, 1.82) is 0 Å². The Hall–Kier alpha value is -2.09. The number of hydrogen-bond acceptors (Lipinski definition) is 4. The van der Waals surface area contributed by atoms with Gasteiger partial charge >= 0.3 is 0 Å². The van der Waals surface area contributed by atoms with Crippen LogP contribution >= 0.6 is 11.6 Å². The minimum Gasteiger partial charge on any atom is -0.481 e. The van der Waals surface area contributed by atoms with Crippen LogP contribution in [0.4, 0.5) is 0 Å². The Balaban J connectivity index is 1.95. The third-order valence-corrected chi connectivity index (χ3v) is 5.10. The summed E-state index contributed by atoms with van der Waals surface area (Å²) < 4.78 is 31.4. The van der Waals surface area contributed by atoms with E-state index in [-0.39, 0.29) is 17.3 Å². The lowest BCUT2D eigenvalue weighted by atomic mass is 10.2. The molecule has 0 saturated carbocycles. The molecule has 0 heterocycles. The van der Waals surface area contributed by atoms with Crippen LogP contribution in [0.5, 0.6) is 5.75 Å². The van der Waals surface area contributed by atoms with Gasteiger partial charge in [-0.3, -0.25) is 4.79 Å². The van der Waals surface area contributed by atoms with Gasteiger partial charge in [-0.2, -0.15) is 0 Å². The van der Waals surface area contributed by atoms with Crippen LogP contribution in [0.1, 0.15) is 12.5 Å². The fourth-order valence-corrected chi connectivity index (χ4v) is 2.97. The molecule has 1 amide bonds. The molecule has 2 aromatic rings. The lowest BCUT2D eigenvalue weighted by Crippen LogP contribution is -2.35. The molecule has 0 aliphatic carbocycles. The van der Waals surface area contributed by atoms with Gasteiger partial charge in [0.05, 0.1) is 4.90 Å². The van der Waals surface area contributed by atoms with Crippen LogP contribution in [-0.4, -0.2) is 27.5 Å². The molecule has 6 nitrogen and oxygen atoms in total. The van der Waals surface area contributed by atoms with E-state index in [2.05, 4.69) is 10.0 Å². The van der Waals surface area contributed by atoms with Crippen LogP contribution in [0.25, 0.3) is 0 Å². The van der Waals surface area contributed by atoms with Gasteiger partial charge in [-0.1, -0.05) is 23.7 Å². The van der Waals surface area contributed by atoms with Crippen molar-refractivity contribution in [3.63, 3.8) is 0 Å². The lowest BCUT2D eigenvalue weighted by Gasteiger charge is -2.15. The Morgan fingerprint density at radius 3 is 2.52 bits per heavy atom. The first kappa shape index (κ1) is 19.2. The summed E-state index contributed by atoms with van der Waals surface area (Å²) in [6, 6.07) is 13.1. The van der Waals surface area contributed by atoms with Gasteiger partial charge in [0.15, 0.2) is 6.10 Å². The molecule has 2 rings (SSSR count). The van der Waals surface area contributed by atoms with Crippen molar-refractivity contribution in [2.75, 3.05) is 7.05 Å². The van der Waals surface area contributed by atoms with E-state index in [0.29, 0.717) is 16.3 Å². The zero-order valence-electron chi connectivity index (χ0n) is 13.8. The molecule has 0 aliphatic rings. The Labute approximate surface area is 152 Å². The predicted molar refractivity (Wildman–Crippen MR) is 96.1 cm³/mol. The quantitative estimate of drug-likeness (QED) is 0.769. The van der Waals surface area contributed by atoms with Crippen LogP contribution in [0.2, 0.25) is 5.02 Å². The molecule has 2 N–H and O–H groups in total. The van der Waals surface area contributed by atoms with Gasteiger partial charge in [0.1, 0.15) is 5.75 Å². The molecule has 0 fully saturated rings. The van der Waals surface area contributed by atoms with Crippen molar-refractivity contribution >= 4 is 27.5 Å². The topological polar surface area (TPSA) is 84.5 Å². The molecule has 8 heteroatoms. The number of rotatable bonds is 7. The van der Waals surface area contributed by atoms with E-state index in [1.165, 1.54) is 19.2 Å². The summed E-state index contributed by atoms with van der Waals surface area (Å²) in [4.78, 5) is 12.3. The molecule has 134 valence electrons. The van der Waals surface area contributed by atoms with Crippen LogP contribution in [0, 0.1) is 0 Å². The summed E-state index contributed by atoms with van der Waals surface area (Å²) in [7, 11) is -2.17. The smallest absolute Gasteiger partial charge is 0.261 e. The Morgan fingerprint density at radius 2 is 1.88 bits per heavy atom. The number of nitrogens with one attached hydrogen (secondary N) is 2. The van der Waals surface area contributed by atoms with E-state index in [0.717, 1.165) is 0 Å². The largest absolute Gasteiger partial charge is 0.481 e. The molecular formula is C17H19ClN2O4S. The van der Waals surface area contributed by atoms with Gasteiger partial charge < -0.3 is 10.1 Å². The lowest BCUT2D eigenvalue weighted by molar-refractivity contribution is -0.127. The fraction of sp³-hybridized carbons (Fsp3) is 0.235. The van der Waals surface area contributed by atoms with E-state index in [9.17, 15) is 13.2 Å². The van der Waals surface area contributed by atoms with Gasteiger partial charge in [-0.15, -0.1) is 0 Å². The maximum atomic E-state index is 12.1. The molecule has 0 spiro atoms. The summed E-state index contributed by atoms with van der Waals surface area (Å²) >= 11 is 5.80. The summed E-state index contributed by atoms with van der Waals surface area (Å²) in [5.74, 6) is 0.228. The van der Waals surface area contributed by atoms with E-state index in [4.69, 9.17) is 16.3 Å². The number of hydrogen-bond donors (Lipinski definition) is 2. The summed E-state index contributed by atoms with van der Waals surface area (Å²) in [5.41, 5.74) is 0.670. The zero-order chi connectivity index (χ0) is 18.4. The van der Waals surface area contributed by atoms with Gasteiger partial charge in [-0.25, -0.2) is 13.1 Å². The van der Waals surface area contributed by atoms with Gasteiger partial charge in [0.25, 0.3) is 5.91 Å². The monoisotopic (exact) mass is 382 g/mol. The number of carbonyl (C=O) groups excluding carboxylic acids is 1. The first-order valence-corrected chi connectivity index (χ1v) is 9.40. The number of halogens is 1. The second-order valence-electron chi connectivity index (χ2n) is 5.29. The second-order valence-corrected chi connectivity index (χ2v) is 7.61. The van der Waals surface area contributed by atoms with Crippen molar-refractivity contribution in [3.05, 3.63) is 59.1 Å². The number of ether oxygens (including phenoxy) is 1. The molecule has 1 atom stereocenters. The highest BCUT2D eigenvalue weighted by molar-refractivity contribution is 7.89. The summed E-state index contributed by atoms with van der Waals surface area (Å²) in [6.07, 6.45) is -0.703.